The molecule has 4 nitrogen and oxygen atoms in total. The Labute approximate surface area is 126 Å². The lowest BCUT2D eigenvalue weighted by Gasteiger charge is -2.18. The molecule has 0 bridgehead atoms. The first-order chi connectivity index (χ1) is 10.2. The van der Waals surface area contributed by atoms with Gasteiger partial charge in [0, 0.05) is 13.2 Å². The van der Waals surface area contributed by atoms with Crippen molar-refractivity contribution < 1.29 is 0 Å². The van der Waals surface area contributed by atoms with Crippen molar-refractivity contribution in [3.63, 3.8) is 0 Å². The Morgan fingerprint density at radius 2 is 1.95 bits per heavy atom. The number of nitrogens with zero attached hydrogens (tertiary/aromatic N) is 2. The normalized spacial score (nSPS) is 12.8. The molecule has 2 rings (SSSR count). The summed E-state index contributed by atoms with van der Waals surface area (Å²) in [6.07, 6.45) is 1.81. The zero-order valence-corrected chi connectivity index (χ0v) is 12.8. The third kappa shape index (κ3) is 4.31. The minimum absolute atomic E-state index is 0.197. The molecule has 21 heavy (non-hydrogen) atoms. The smallest absolute Gasteiger partial charge is 0.191 e. The van der Waals surface area contributed by atoms with Crippen molar-refractivity contribution in [3.8, 4) is 0 Å². The molecule has 1 atom stereocenters. The van der Waals surface area contributed by atoms with E-state index < -0.39 is 0 Å². The van der Waals surface area contributed by atoms with E-state index >= 15 is 0 Å². The van der Waals surface area contributed by atoms with Gasteiger partial charge < -0.3 is 10.6 Å². The Hall–Kier alpha value is -2.36. The van der Waals surface area contributed by atoms with Crippen molar-refractivity contribution in [1.82, 2.24) is 15.6 Å². The molecule has 1 heterocycles. The molecule has 4 heteroatoms. The van der Waals surface area contributed by atoms with E-state index in [1.54, 1.807) is 7.05 Å². The lowest BCUT2D eigenvalue weighted by atomic mass is 10.1. The highest BCUT2D eigenvalue weighted by Crippen LogP contribution is 2.10. The van der Waals surface area contributed by atoms with Crippen LogP contribution in [0.25, 0.3) is 0 Å². The van der Waals surface area contributed by atoms with E-state index in [0.717, 1.165) is 11.7 Å². The second kappa shape index (κ2) is 7.43. The predicted molar refractivity (Wildman–Crippen MR) is 87.2 cm³/mol. The average Bonchev–Trinajstić information content (AvgIpc) is 2.53. The minimum Gasteiger partial charge on any atom is -0.351 e. The van der Waals surface area contributed by atoms with E-state index in [2.05, 4.69) is 52.7 Å². The average molecular weight is 282 g/mol. The number of pyridine rings is 1. The van der Waals surface area contributed by atoms with Crippen LogP contribution in [-0.2, 0) is 6.54 Å². The fourth-order valence-corrected chi connectivity index (χ4v) is 2.10. The number of guanidine groups is 1. The monoisotopic (exact) mass is 282 g/mol. The molecule has 0 saturated carbocycles. The maximum Gasteiger partial charge on any atom is 0.191 e. The Bertz CT molecular complexity index is 593. The predicted octanol–water partition coefficient (Wildman–Crippen LogP) is 2.82. The second-order valence-electron chi connectivity index (χ2n) is 4.97. The van der Waals surface area contributed by atoms with Crippen molar-refractivity contribution >= 4 is 5.96 Å². The van der Waals surface area contributed by atoms with Crippen LogP contribution in [0.2, 0.25) is 0 Å². The number of hydrogen-bond acceptors (Lipinski definition) is 2. The van der Waals surface area contributed by atoms with Crippen LogP contribution in [0.15, 0.2) is 53.7 Å². The summed E-state index contributed by atoms with van der Waals surface area (Å²) in [7, 11) is 1.78. The van der Waals surface area contributed by atoms with Crippen LogP contribution in [-0.4, -0.2) is 18.0 Å². The van der Waals surface area contributed by atoms with Gasteiger partial charge in [0.05, 0.1) is 18.3 Å². The molecule has 110 valence electrons. The summed E-state index contributed by atoms with van der Waals surface area (Å²) in [6.45, 7) is 4.84. The van der Waals surface area contributed by atoms with Crippen molar-refractivity contribution in [1.29, 1.82) is 0 Å². The molecule has 0 fully saturated rings. The van der Waals surface area contributed by atoms with Gasteiger partial charge in [0.2, 0.25) is 0 Å². The quantitative estimate of drug-likeness (QED) is 0.669. The maximum absolute atomic E-state index is 4.38. The van der Waals surface area contributed by atoms with Crippen LogP contribution in [0.5, 0.6) is 0 Å². The van der Waals surface area contributed by atoms with Crippen LogP contribution in [0.1, 0.15) is 29.8 Å². The van der Waals surface area contributed by atoms with E-state index in [9.17, 15) is 0 Å². The summed E-state index contributed by atoms with van der Waals surface area (Å²) < 4.78 is 0. The van der Waals surface area contributed by atoms with Crippen molar-refractivity contribution in [2.24, 2.45) is 4.99 Å². The van der Waals surface area contributed by atoms with Gasteiger partial charge in [0.25, 0.3) is 0 Å². The number of aliphatic imine (C=N–C) groups is 1. The van der Waals surface area contributed by atoms with Gasteiger partial charge in [0.1, 0.15) is 0 Å². The molecule has 1 aromatic heterocycles. The zero-order chi connectivity index (χ0) is 15.1. The SMILES string of the molecule is CN=C(NCc1ncccc1C)NC(C)c1ccccc1. The van der Waals surface area contributed by atoms with Crippen molar-refractivity contribution in [2.45, 2.75) is 26.4 Å². The van der Waals surface area contributed by atoms with Crippen LogP contribution in [0, 0.1) is 6.92 Å². The number of benzene rings is 1. The van der Waals surface area contributed by atoms with Gasteiger partial charge in [0.15, 0.2) is 5.96 Å². The molecule has 0 aliphatic rings. The van der Waals surface area contributed by atoms with Gasteiger partial charge in [-0.25, -0.2) is 0 Å². The maximum atomic E-state index is 4.38. The Kier molecular flexibility index (Phi) is 5.32. The van der Waals surface area contributed by atoms with E-state index in [-0.39, 0.29) is 6.04 Å². The molecule has 0 aliphatic heterocycles. The lowest BCUT2D eigenvalue weighted by Crippen LogP contribution is -2.38. The zero-order valence-electron chi connectivity index (χ0n) is 12.8. The molecule has 1 aromatic carbocycles. The molecular weight excluding hydrogens is 260 g/mol. The van der Waals surface area contributed by atoms with Crippen LogP contribution < -0.4 is 10.6 Å². The molecule has 1 unspecified atom stereocenters. The van der Waals surface area contributed by atoms with E-state index in [0.29, 0.717) is 6.54 Å². The van der Waals surface area contributed by atoms with Gasteiger partial charge in [-0.15, -0.1) is 0 Å². The van der Waals surface area contributed by atoms with Gasteiger partial charge in [-0.3, -0.25) is 9.98 Å². The first-order valence-corrected chi connectivity index (χ1v) is 7.13. The Morgan fingerprint density at radius 1 is 1.19 bits per heavy atom. The first kappa shape index (κ1) is 15.0. The Morgan fingerprint density at radius 3 is 2.62 bits per heavy atom. The molecule has 0 amide bonds. The standard InChI is InChI=1S/C17H22N4/c1-13-8-7-11-19-16(13)12-20-17(18-3)21-14(2)15-9-5-4-6-10-15/h4-11,14H,12H2,1-3H3,(H2,18,20,21). The minimum atomic E-state index is 0.197. The lowest BCUT2D eigenvalue weighted by molar-refractivity contribution is 0.682. The Balaban J connectivity index is 1.94. The first-order valence-electron chi connectivity index (χ1n) is 7.13. The van der Waals surface area contributed by atoms with Crippen LogP contribution >= 0.6 is 0 Å². The summed E-state index contributed by atoms with van der Waals surface area (Å²) >= 11 is 0. The molecule has 0 spiro atoms. The van der Waals surface area contributed by atoms with E-state index in [4.69, 9.17) is 0 Å². The van der Waals surface area contributed by atoms with Crippen molar-refractivity contribution in [3.05, 3.63) is 65.5 Å². The largest absolute Gasteiger partial charge is 0.351 e. The highest BCUT2D eigenvalue weighted by molar-refractivity contribution is 5.80. The summed E-state index contributed by atoms with van der Waals surface area (Å²) in [5.41, 5.74) is 3.44. The number of aryl methyl sites for hydroxylation is 1. The summed E-state index contributed by atoms with van der Waals surface area (Å²) in [6, 6.07) is 14.5. The van der Waals surface area contributed by atoms with Crippen LogP contribution in [0.4, 0.5) is 0 Å². The fourth-order valence-electron chi connectivity index (χ4n) is 2.10. The van der Waals surface area contributed by atoms with Gasteiger partial charge in [-0.2, -0.15) is 0 Å². The molecular formula is C17H22N4. The molecule has 0 radical (unpaired) electrons. The van der Waals surface area contributed by atoms with Crippen LogP contribution in [0.3, 0.4) is 0 Å². The highest BCUT2D eigenvalue weighted by atomic mass is 15.2. The molecule has 2 N–H and O–H groups in total. The highest BCUT2D eigenvalue weighted by Gasteiger charge is 2.07. The number of nitrogens with one attached hydrogen (secondary N) is 2. The summed E-state index contributed by atoms with van der Waals surface area (Å²) in [5, 5.41) is 6.69. The molecule has 2 aromatic rings. The van der Waals surface area contributed by atoms with Crippen molar-refractivity contribution in [2.75, 3.05) is 7.05 Å². The number of hydrogen-bond donors (Lipinski definition) is 2. The van der Waals surface area contributed by atoms with Gasteiger partial charge in [-0.05, 0) is 31.0 Å². The topological polar surface area (TPSA) is 49.3 Å². The van der Waals surface area contributed by atoms with Gasteiger partial charge >= 0.3 is 0 Å². The molecule has 0 saturated heterocycles. The number of rotatable bonds is 4. The molecule has 0 aliphatic carbocycles. The van der Waals surface area contributed by atoms with E-state index in [1.807, 2.05) is 30.5 Å². The third-order valence-electron chi connectivity index (χ3n) is 3.42. The summed E-state index contributed by atoms with van der Waals surface area (Å²) in [5.74, 6) is 0.774. The third-order valence-corrected chi connectivity index (χ3v) is 3.42. The van der Waals surface area contributed by atoms with E-state index in [1.165, 1.54) is 11.1 Å². The second-order valence-corrected chi connectivity index (χ2v) is 4.97. The van der Waals surface area contributed by atoms with Gasteiger partial charge in [-0.1, -0.05) is 36.4 Å². The summed E-state index contributed by atoms with van der Waals surface area (Å²) in [4.78, 5) is 8.64. The fraction of sp³-hybridized carbons (Fsp3) is 0.294. The number of aromatic nitrogens is 1.